The Kier molecular flexibility index (Phi) is 7.17. The summed E-state index contributed by atoms with van der Waals surface area (Å²) in [6.07, 6.45) is 5.93. The molecule has 5 rings (SSSR count). The number of hydroxylamine groups is 1. The van der Waals surface area contributed by atoms with Crippen LogP contribution in [-0.2, 0) is 10.4 Å². The molecule has 4 heterocycles. The van der Waals surface area contributed by atoms with E-state index in [9.17, 15) is 15.0 Å². The maximum atomic E-state index is 11.9. The van der Waals surface area contributed by atoms with E-state index in [2.05, 4.69) is 32.1 Å². The van der Waals surface area contributed by atoms with Crippen LogP contribution in [0.1, 0.15) is 39.6 Å². The second kappa shape index (κ2) is 10.6. The third-order valence-corrected chi connectivity index (χ3v) is 7.60. The molecular weight excluding hydrogens is 542 g/mol. The fourth-order valence-corrected chi connectivity index (χ4v) is 5.35. The summed E-state index contributed by atoms with van der Waals surface area (Å²) in [6, 6.07) is 6.97. The molecule has 1 aliphatic heterocycles. The van der Waals surface area contributed by atoms with E-state index in [4.69, 9.17) is 16.4 Å². The molecule has 1 atom stereocenters. The minimum atomic E-state index is -1.44. The Bertz CT molecular complexity index is 1620. The maximum absolute atomic E-state index is 11.9. The number of aryl methyl sites for hydroxylation is 1. The van der Waals surface area contributed by atoms with Crippen molar-refractivity contribution in [2.24, 2.45) is 0 Å². The Hall–Kier alpha value is -4.13. The van der Waals surface area contributed by atoms with Crippen LogP contribution >= 0.6 is 22.9 Å². The van der Waals surface area contributed by atoms with E-state index in [-0.39, 0.29) is 11.4 Å². The van der Waals surface area contributed by atoms with Gasteiger partial charge in [-0.15, -0.1) is 16.4 Å². The van der Waals surface area contributed by atoms with Crippen molar-refractivity contribution in [2.75, 3.05) is 13.7 Å². The molecule has 39 heavy (non-hydrogen) atoms. The third kappa shape index (κ3) is 5.39. The number of thiophene rings is 1. The number of allylic oxidation sites excluding steroid dienone is 3. The van der Waals surface area contributed by atoms with Crippen LogP contribution in [-0.4, -0.2) is 71.0 Å². The molecule has 0 fully saturated rings. The van der Waals surface area contributed by atoms with E-state index < -0.39 is 11.6 Å². The van der Waals surface area contributed by atoms with Crippen LogP contribution < -0.4 is 0 Å². The van der Waals surface area contributed by atoms with Gasteiger partial charge in [-0.3, -0.25) is 4.84 Å². The van der Waals surface area contributed by atoms with Crippen molar-refractivity contribution < 1.29 is 24.6 Å². The number of carbonyl (C=O) groups is 1. The van der Waals surface area contributed by atoms with E-state index in [1.54, 1.807) is 29.8 Å². The number of H-pyrrole nitrogens is 1. The first kappa shape index (κ1) is 26.5. The number of imidazole rings is 1. The number of aromatic carboxylic acids is 1. The van der Waals surface area contributed by atoms with Crippen molar-refractivity contribution >= 4 is 40.7 Å². The van der Waals surface area contributed by atoms with E-state index in [1.807, 2.05) is 19.1 Å². The van der Waals surface area contributed by atoms with Crippen molar-refractivity contribution in [1.82, 2.24) is 30.2 Å². The first-order valence-corrected chi connectivity index (χ1v) is 13.1. The van der Waals surface area contributed by atoms with Crippen molar-refractivity contribution in [2.45, 2.75) is 25.4 Å². The molecule has 200 valence electrons. The molecule has 0 bridgehead atoms. The normalized spacial score (nSPS) is 20.8. The fraction of sp³-hybridized carbons (Fsp3) is 0.231. The Morgan fingerprint density at radius 1 is 1.36 bits per heavy atom. The number of aliphatic hydroxyl groups is 1. The Balaban J connectivity index is 1.55. The minimum absolute atomic E-state index is 0.0469. The number of hydrogen-bond donors (Lipinski definition) is 3. The van der Waals surface area contributed by atoms with Crippen molar-refractivity contribution in [3.63, 3.8) is 0 Å². The molecule has 1 unspecified atom stereocenters. The van der Waals surface area contributed by atoms with Crippen LogP contribution in [0.2, 0.25) is 5.02 Å². The summed E-state index contributed by atoms with van der Waals surface area (Å²) in [5.41, 5.74) is 3.49. The van der Waals surface area contributed by atoms with Crippen LogP contribution in [0.15, 0.2) is 54.2 Å². The van der Waals surface area contributed by atoms with E-state index in [0.717, 1.165) is 28.0 Å². The van der Waals surface area contributed by atoms with E-state index in [0.29, 0.717) is 46.3 Å². The molecule has 1 aromatic carbocycles. The van der Waals surface area contributed by atoms with Gasteiger partial charge in [0.2, 0.25) is 12.8 Å². The van der Waals surface area contributed by atoms with Gasteiger partial charge < -0.3 is 15.2 Å². The van der Waals surface area contributed by atoms with Gasteiger partial charge in [-0.05, 0) is 65.3 Å². The number of tetrazole rings is 1. The number of aromatic amines is 1. The molecular formula is C26H25ClN7O4S+. The van der Waals surface area contributed by atoms with Gasteiger partial charge in [0.15, 0.2) is 5.60 Å². The number of β-amino-alcohol motifs (C(OH)–C–C–N with tert-alkyl or cyclic N) is 1. The molecule has 4 aromatic rings. The zero-order valence-corrected chi connectivity index (χ0v) is 22.7. The highest BCUT2D eigenvalue weighted by Crippen LogP contribution is 2.34. The molecule has 3 N–H and O–H groups in total. The predicted molar refractivity (Wildman–Crippen MR) is 146 cm³/mol. The van der Waals surface area contributed by atoms with Gasteiger partial charge >= 0.3 is 5.97 Å². The average molecular weight is 567 g/mol. The summed E-state index contributed by atoms with van der Waals surface area (Å²) in [5.74, 6) is -0.642. The molecule has 0 saturated heterocycles. The van der Waals surface area contributed by atoms with Gasteiger partial charge in [0.1, 0.15) is 24.1 Å². The van der Waals surface area contributed by atoms with Gasteiger partial charge in [0.05, 0.1) is 22.6 Å². The number of carboxylic acids is 1. The number of hydrogen-bond acceptors (Lipinski definition) is 8. The van der Waals surface area contributed by atoms with Gasteiger partial charge in [0, 0.05) is 21.5 Å². The number of nitrogens with one attached hydrogen (secondary N) is 1. The van der Waals surface area contributed by atoms with Crippen LogP contribution in [0.4, 0.5) is 0 Å². The lowest BCUT2D eigenvalue weighted by Crippen LogP contribution is -2.38. The first-order valence-electron chi connectivity index (χ1n) is 11.9. The SMILES string of the molecule is C=C1/C=C(c2cc(Cl)ccc2-n2cnnn2)\C=[N+](\OC)CC(O)(c2nc(C)c(-c3csc(C(=O)O)c3)[nH]2)CC1. The van der Waals surface area contributed by atoms with Gasteiger partial charge in [0.25, 0.3) is 0 Å². The summed E-state index contributed by atoms with van der Waals surface area (Å²) in [5, 5.41) is 35.0. The molecule has 13 heteroatoms. The number of nitrogens with zero attached hydrogens (tertiary/aromatic N) is 6. The first-order chi connectivity index (χ1) is 18.7. The highest BCUT2D eigenvalue weighted by Gasteiger charge is 2.40. The summed E-state index contributed by atoms with van der Waals surface area (Å²) in [4.78, 5) is 25.1. The Labute approximate surface area is 232 Å². The van der Waals surface area contributed by atoms with Crippen LogP contribution in [0.5, 0.6) is 0 Å². The second-order valence-corrected chi connectivity index (χ2v) is 10.5. The highest BCUT2D eigenvalue weighted by molar-refractivity contribution is 7.12. The van der Waals surface area contributed by atoms with Crippen molar-refractivity contribution in [1.29, 1.82) is 0 Å². The van der Waals surface area contributed by atoms with Crippen LogP contribution in [0, 0.1) is 6.92 Å². The summed E-state index contributed by atoms with van der Waals surface area (Å²) < 4.78 is 3.07. The maximum Gasteiger partial charge on any atom is 0.345 e. The van der Waals surface area contributed by atoms with E-state index in [1.165, 1.54) is 22.9 Å². The highest BCUT2D eigenvalue weighted by atomic mass is 35.5. The predicted octanol–water partition coefficient (Wildman–Crippen LogP) is 4.04. The van der Waals surface area contributed by atoms with Crippen LogP contribution in [0.25, 0.3) is 22.5 Å². The molecule has 3 aromatic heterocycles. The van der Waals surface area contributed by atoms with E-state index >= 15 is 0 Å². The summed E-state index contributed by atoms with van der Waals surface area (Å²) in [6.45, 7) is 6.07. The van der Waals surface area contributed by atoms with Gasteiger partial charge in [-0.2, -0.15) is 4.68 Å². The molecule has 1 aliphatic rings. The number of halogens is 1. The standard InChI is InChI=1S/C26H24ClN7O4S/c1-15-6-7-26(37,25-29-16(2)23(30-25)18-9-22(24(35)36)39-12-18)13-33(38-3)11-17(8-15)20-10-19(27)4-5-21(20)34-14-28-31-32-34/h4-5,8-12,14,37H,1,6-7,13H2,2-3H3,(H-,29,30,35,36)/p+1/b17-8+,33-11+. The smallest absolute Gasteiger partial charge is 0.345 e. The third-order valence-electron chi connectivity index (χ3n) is 6.44. The number of rotatable bonds is 6. The lowest BCUT2D eigenvalue weighted by atomic mass is 9.93. The minimum Gasteiger partial charge on any atom is -0.477 e. The largest absolute Gasteiger partial charge is 0.477 e. The molecule has 0 spiro atoms. The lowest BCUT2D eigenvalue weighted by Gasteiger charge is -2.22. The average Bonchev–Trinajstić information content (AvgIpc) is 3.67. The monoisotopic (exact) mass is 566 g/mol. The van der Waals surface area contributed by atoms with Gasteiger partial charge in [-0.25, -0.2) is 9.78 Å². The lowest BCUT2D eigenvalue weighted by molar-refractivity contribution is -0.784. The Morgan fingerprint density at radius 3 is 2.87 bits per heavy atom. The summed E-state index contributed by atoms with van der Waals surface area (Å²) in [7, 11) is 1.51. The second-order valence-electron chi connectivity index (χ2n) is 9.14. The van der Waals surface area contributed by atoms with Crippen LogP contribution in [0.3, 0.4) is 0 Å². The van der Waals surface area contributed by atoms with Crippen molar-refractivity contribution in [3.05, 3.63) is 81.2 Å². The summed E-state index contributed by atoms with van der Waals surface area (Å²) >= 11 is 7.50. The zero-order chi connectivity index (χ0) is 27.7. The zero-order valence-electron chi connectivity index (χ0n) is 21.1. The molecule has 0 amide bonds. The Morgan fingerprint density at radius 2 is 2.18 bits per heavy atom. The number of aromatic nitrogens is 6. The van der Waals surface area contributed by atoms with Crippen molar-refractivity contribution in [3.8, 4) is 16.9 Å². The van der Waals surface area contributed by atoms with Gasteiger partial charge in [-0.1, -0.05) is 23.8 Å². The molecule has 11 nitrogen and oxygen atoms in total. The quantitative estimate of drug-likeness (QED) is 0.297. The molecule has 0 radical (unpaired) electrons. The molecule has 0 aliphatic carbocycles. The number of carboxylic acid groups (broad SMARTS) is 1. The molecule has 0 saturated carbocycles. The number of benzene rings is 1. The fourth-order valence-electron chi connectivity index (χ4n) is 4.44. The topological polar surface area (TPSA) is 142 Å².